The molecule has 1 heterocycles. The van der Waals surface area contributed by atoms with Crippen molar-refractivity contribution in [3.8, 4) is 0 Å². The van der Waals surface area contributed by atoms with E-state index in [1.165, 1.54) is 4.90 Å². The molecule has 0 unspecified atom stereocenters. The molecular weight excluding hydrogens is 310 g/mol. The maximum Gasteiger partial charge on any atom is 0.0737 e. The second kappa shape index (κ2) is 9.06. The van der Waals surface area contributed by atoms with Crippen LogP contribution in [0.1, 0.15) is 33.5 Å². The predicted octanol–water partition coefficient (Wildman–Crippen LogP) is 3.78. The fraction of sp³-hybridized carbons (Fsp3) is 0.500. The van der Waals surface area contributed by atoms with Gasteiger partial charge in [0, 0.05) is 41.7 Å². The van der Waals surface area contributed by atoms with Gasteiger partial charge < -0.3 is 15.3 Å². The summed E-state index contributed by atoms with van der Waals surface area (Å²) in [7, 11) is 0. The molecule has 0 bridgehead atoms. The zero-order valence-electron chi connectivity index (χ0n) is 18.2. The molecule has 2 aromatic rings. The number of pyridine rings is 1. The molecule has 0 saturated carbocycles. The number of anilines is 1. The SMILES string of the molecule is [2H]C([2H])([2H])C([2H])([2H])N(CCO)CCC[C@@H](C)Nc1ccnc2cc(Cl)ccc12. The molecular formula is C18H26ClN3O. The maximum atomic E-state index is 9.17. The van der Waals surface area contributed by atoms with Gasteiger partial charge in [0.25, 0.3) is 0 Å². The Balaban J connectivity index is 1.97. The molecule has 2 rings (SSSR count). The number of aromatic nitrogens is 1. The van der Waals surface area contributed by atoms with E-state index in [1.807, 2.05) is 25.1 Å². The highest BCUT2D eigenvalue weighted by Crippen LogP contribution is 2.25. The Hall–Kier alpha value is -1.36. The smallest absolute Gasteiger partial charge is 0.0737 e. The van der Waals surface area contributed by atoms with E-state index in [0.29, 0.717) is 17.9 Å². The lowest BCUT2D eigenvalue weighted by Gasteiger charge is -2.21. The number of halogens is 1. The van der Waals surface area contributed by atoms with Crippen LogP contribution in [0.2, 0.25) is 5.02 Å². The average molecular weight is 341 g/mol. The summed E-state index contributed by atoms with van der Waals surface area (Å²) in [5, 5.41) is 14.2. The lowest BCUT2D eigenvalue weighted by molar-refractivity contribution is 0.199. The van der Waals surface area contributed by atoms with Gasteiger partial charge in [-0.2, -0.15) is 0 Å². The topological polar surface area (TPSA) is 48.4 Å². The van der Waals surface area contributed by atoms with Crippen molar-refractivity contribution in [3.05, 3.63) is 35.5 Å². The Labute approximate surface area is 150 Å². The fourth-order valence-corrected chi connectivity index (χ4v) is 2.68. The highest BCUT2D eigenvalue weighted by atomic mass is 35.5. The molecule has 0 amide bonds. The number of benzene rings is 1. The molecule has 0 aliphatic heterocycles. The lowest BCUT2D eigenvalue weighted by atomic mass is 10.1. The summed E-state index contributed by atoms with van der Waals surface area (Å²) in [6.45, 7) is -3.32. The van der Waals surface area contributed by atoms with E-state index < -0.39 is 13.3 Å². The van der Waals surface area contributed by atoms with E-state index in [4.69, 9.17) is 23.6 Å². The Morgan fingerprint density at radius 1 is 1.43 bits per heavy atom. The van der Waals surface area contributed by atoms with Crippen LogP contribution in [0.25, 0.3) is 10.9 Å². The van der Waals surface area contributed by atoms with Gasteiger partial charge in [-0.25, -0.2) is 0 Å². The van der Waals surface area contributed by atoms with Crippen LogP contribution in [0.5, 0.6) is 0 Å². The van der Waals surface area contributed by atoms with Gasteiger partial charge in [0.1, 0.15) is 0 Å². The molecule has 0 radical (unpaired) electrons. The van der Waals surface area contributed by atoms with Gasteiger partial charge in [-0.15, -0.1) is 0 Å². The quantitative estimate of drug-likeness (QED) is 0.729. The minimum atomic E-state index is -2.77. The zero-order valence-corrected chi connectivity index (χ0v) is 14.0. The Morgan fingerprint density at radius 2 is 2.30 bits per heavy atom. The minimum absolute atomic E-state index is 0.0249. The molecule has 0 aliphatic carbocycles. The summed E-state index contributed by atoms with van der Waals surface area (Å²) < 4.78 is 38.0. The van der Waals surface area contributed by atoms with Gasteiger partial charge in [0.2, 0.25) is 0 Å². The Kier molecular flexibility index (Phi) is 4.75. The van der Waals surface area contributed by atoms with Crippen LogP contribution in [-0.2, 0) is 0 Å². The average Bonchev–Trinajstić information content (AvgIpc) is 2.60. The Morgan fingerprint density at radius 3 is 3.09 bits per heavy atom. The predicted molar refractivity (Wildman–Crippen MR) is 98.3 cm³/mol. The molecule has 23 heavy (non-hydrogen) atoms. The number of hydrogen-bond acceptors (Lipinski definition) is 4. The van der Waals surface area contributed by atoms with Gasteiger partial charge in [0.15, 0.2) is 0 Å². The van der Waals surface area contributed by atoms with Crippen molar-refractivity contribution in [2.24, 2.45) is 0 Å². The summed E-state index contributed by atoms with van der Waals surface area (Å²) in [4.78, 5) is 5.51. The van der Waals surface area contributed by atoms with Gasteiger partial charge >= 0.3 is 0 Å². The van der Waals surface area contributed by atoms with Crippen molar-refractivity contribution in [3.63, 3.8) is 0 Å². The van der Waals surface area contributed by atoms with E-state index in [9.17, 15) is 0 Å². The van der Waals surface area contributed by atoms with Crippen LogP contribution in [0.3, 0.4) is 0 Å². The fourth-order valence-electron chi connectivity index (χ4n) is 2.52. The first-order chi connectivity index (χ1) is 13.1. The Bertz CT molecular complexity index is 787. The molecule has 2 N–H and O–H groups in total. The first kappa shape index (κ1) is 12.1. The standard InChI is InChI=1S/C18H26ClN3O/c1-3-22(11-12-23)10-4-5-14(2)21-17-8-9-20-18-13-15(19)6-7-16(17)18/h6-9,13-14,23H,3-5,10-12H2,1-2H3,(H,20,21)/t14-/m1/s1/i1D3,3D2. The van der Waals surface area contributed by atoms with E-state index in [1.54, 1.807) is 12.3 Å². The van der Waals surface area contributed by atoms with Crippen molar-refractivity contribution in [1.29, 1.82) is 0 Å². The third-order valence-corrected chi connectivity index (χ3v) is 3.93. The third kappa shape index (κ3) is 5.34. The normalized spacial score (nSPS) is 17.1. The van der Waals surface area contributed by atoms with Crippen LogP contribution >= 0.6 is 11.6 Å². The van der Waals surface area contributed by atoms with Gasteiger partial charge in [0.05, 0.1) is 12.1 Å². The van der Waals surface area contributed by atoms with Crippen molar-refractivity contribution in [2.75, 3.05) is 31.5 Å². The second-order valence-corrected chi connectivity index (χ2v) is 5.97. The molecule has 0 spiro atoms. The molecule has 0 aliphatic rings. The number of fused-ring (bicyclic) bond motifs is 1. The molecule has 1 aromatic heterocycles. The zero-order chi connectivity index (χ0) is 20.9. The van der Waals surface area contributed by atoms with Crippen molar-refractivity contribution in [1.82, 2.24) is 9.88 Å². The summed E-state index contributed by atoms with van der Waals surface area (Å²) in [6.07, 6.45) is 3.00. The van der Waals surface area contributed by atoms with Crippen LogP contribution in [0.15, 0.2) is 30.5 Å². The number of aliphatic hydroxyl groups is 1. The van der Waals surface area contributed by atoms with Crippen LogP contribution in [0, 0.1) is 0 Å². The van der Waals surface area contributed by atoms with E-state index in [-0.39, 0.29) is 25.7 Å². The number of likely N-dealkylation sites (N-methyl/N-ethyl adjacent to an activating group) is 1. The highest BCUT2D eigenvalue weighted by Gasteiger charge is 2.08. The summed E-state index contributed by atoms with van der Waals surface area (Å²) in [5.74, 6) is 0. The van der Waals surface area contributed by atoms with Crippen LogP contribution in [0.4, 0.5) is 5.69 Å². The maximum absolute atomic E-state index is 9.17. The molecule has 0 saturated heterocycles. The highest BCUT2D eigenvalue weighted by molar-refractivity contribution is 6.31. The summed E-state index contributed by atoms with van der Waals surface area (Å²) in [5.41, 5.74) is 1.73. The summed E-state index contributed by atoms with van der Waals surface area (Å²) in [6, 6.07) is 7.49. The van der Waals surface area contributed by atoms with Gasteiger partial charge in [-0.3, -0.25) is 4.98 Å². The molecule has 5 heteroatoms. The van der Waals surface area contributed by atoms with E-state index >= 15 is 0 Å². The van der Waals surface area contributed by atoms with Crippen molar-refractivity contribution >= 4 is 28.2 Å². The molecule has 126 valence electrons. The first-order valence-electron chi connectivity index (χ1n) is 10.2. The second-order valence-electron chi connectivity index (χ2n) is 5.53. The molecule has 0 fully saturated rings. The van der Waals surface area contributed by atoms with Crippen LogP contribution < -0.4 is 5.32 Å². The largest absolute Gasteiger partial charge is 0.395 e. The van der Waals surface area contributed by atoms with Crippen LogP contribution in [-0.4, -0.2) is 47.2 Å². The molecule has 1 aromatic carbocycles. The molecule has 4 nitrogen and oxygen atoms in total. The molecule has 1 atom stereocenters. The third-order valence-electron chi connectivity index (χ3n) is 3.70. The van der Waals surface area contributed by atoms with Crippen molar-refractivity contribution < 1.29 is 12.0 Å². The number of hydrogen-bond donors (Lipinski definition) is 2. The van der Waals surface area contributed by atoms with Crippen molar-refractivity contribution in [2.45, 2.75) is 32.7 Å². The van der Waals surface area contributed by atoms with Gasteiger partial charge in [-0.1, -0.05) is 18.5 Å². The summed E-state index contributed by atoms with van der Waals surface area (Å²) >= 11 is 6.02. The van der Waals surface area contributed by atoms with E-state index in [0.717, 1.165) is 16.6 Å². The monoisotopic (exact) mass is 340 g/mol. The van der Waals surface area contributed by atoms with Gasteiger partial charge in [-0.05, 0) is 57.1 Å². The number of aliphatic hydroxyl groups excluding tert-OH is 1. The minimum Gasteiger partial charge on any atom is -0.395 e. The number of nitrogens with one attached hydrogen (secondary N) is 1. The number of nitrogens with zero attached hydrogens (tertiary/aromatic N) is 2. The number of rotatable bonds is 9. The first-order valence-corrected chi connectivity index (χ1v) is 8.11. The van der Waals surface area contributed by atoms with E-state index in [2.05, 4.69) is 10.3 Å². The lowest BCUT2D eigenvalue weighted by Crippen LogP contribution is -2.28.